The third kappa shape index (κ3) is 4.04. The number of aromatic nitrogens is 4. The summed E-state index contributed by atoms with van der Waals surface area (Å²) in [5, 5.41) is 15.4. The van der Waals surface area contributed by atoms with E-state index in [-0.39, 0.29) is 18.0 Å². The average Bonchev–Trinajstić information content (AvgIpc) is 3.13. The van der Waals surface area contributed by atoms with Gasteiger partial charge in [-0.25, -0.2) is 4.52 Å². The maximum atomic E-state index is 12.7. The third-order valence-electron chi connectivity index (χ3n) is 4.87. The van der Waals surface area contributed by atoms with Gasteiger partial charge in [0.1, 0.15) is 0 Å². The number of carbonyl (C=O) groups excluding carboxylic acids is 1. The Bertz CT molecular complexity index is 1270. The minimum absolute atomic E-state index is 0.00322. The van der Waals surface area contributed by atoms with E-state index in [2.05, 4.69) is 20.6 Å². The molecule has 0 aliphatic carbocycles. The first-order chi connectivity index (χ1) is 15.3. The zero-order valence-electron chi connectivity index (χ0n) is 17.1. The predicted octanol–water partition coefficient (Wildman–Crippen LogP) is 4.52. The van der Waals surface area contributed by atoms with Crippen molar-refractivity contribution in [1.29, 1.82) is 0 Å². The molecular weight excluding hydrogens is 423 g/mol. The minimum Gasteiger partial charge on any atom is -0.378 e. The highest BCUT2D eigenvalue weighted by Crippen LogP contribution is 2.30. The van der Waals surface area contributed by atoms with Crippen molar-refractivity contribution in [2.75, 3.05) is 12.4 Å². The first kappa shape index (κ1) is 21.4. The smallest absolute Gasteiger partial charge is 0.378 e. The van der Waals surface area contributed by atoms with Crippen LogP contribution in [-0.2, 0) is 17.5 Å². The van der Waals surface area contributed by atoms with Gasteiger partial charge in [-0.2, -0.15) is 18.3 Å². The first-order valence-corrected chi connectivity index (χ1v) is 9.57. The Hall–Kier alpha value is -3.79. The number of rotatable bonds is 5. The Morgan fingerprint density at radius 2 is 1.75 bits per heavy atom. The van der Waals surface area contributed by atoms with Crippen molar-refractivity contribution >= 4 is 17.2 Å². The molecule has 0 saturated heterocycles. The topological polar surface area (TPSA) is 81.4 Å². The summed E-state index contributed by atoms with van der Waals surface area (Å²) in [7, 11) is 1.56. The van der Waals surface area contributed by atoms with E-state index < -0.39 is 17.6 Å². The van der Waals surface area contributed by atoms with E-state index in [4.69, 9.17) is 4.74 Å². The molecule has 2 aromatic heterocycles. The summed E-state index contributed by atoms with van der Waals surface area (Å²) in [6.07, 6.45) is -4.45. The number of amides is 1. The fraction of sp³-hybridized carbons (Fsp3) is 0.182. The summed E-state index contributed by atoms with van der Waals surface area (Å²) in [5.41, 5.74) is 2.56. The molecule has 0 spiro atoms. The molecule has 0 aliphatic rings. The lowest BCUT2D eigenvalue weighted by Crippen LogP contribution is -2.18. The van der Waals surface area contributed by atoms with Crippen molar-refractivity contribution in [3.05, 3.63) is 77.2 Å². The molecule has 164 valence electrons. The zero-order valence-corrected chi connectivity index (χ0v) is 17.1. The van der Waals surface area contributed by atoms with E-state index in [1.807, 2.05) is 30.3 Å². The van der Waals surface area contributed by atoms with Gasteiger partial charge in [-0.15, -0.1) is 10.2 Å². The Labute approximate surface area is 180 Å². The highest BCUT2D eigenvalue weighted by Gasteiger charge is 2.30. The summed E-state index contributed by atoms with van der Waals surface area (Å²) in [6.45, 7) is 1.90. The predicted molar refractivity (Wildman–Crippen MR) is 111 cm³/mol. The summed E-state index contributed by atoms with van der Waals surface area (Å²) < 4.78 is 45.0. The number of nitrogens with one attached hydrogen (secondary N) is 1. The molecule has 0 atom stereocenters. The van der Waals surface area contributed by atoms with E-state index in [1.165, 1.54) is 16.6 Å². The van der Waals surface area contributed by atoms with Crippen LogP contribution in [0.4, 0.5) is 18.9 Å². The van der Waals surface area contributed by atoms with Gasteiger partial charge in [-0.3, -0.25) is 4.79 Å². The molecule has 32 heavy (non-hydrogen) atoms. The van der Waals surface area contributed by atoms with Crippen molar-refractivity contribution in [3.8, 4) is 11.1 Å². The maximum Gasteiger partial charge on any atom is 0.416 e. The Balaban J connectivity index is 1.70. The van der Waals surface area contributed by atoms with Gasteiger partial charge in [0, 0.05) is 12.8 Å². The van der Waals surface area contributed by atoms with Crippen molar-refractivity contribution < 1.29 is 22.7 Å². The Kier molecular flexibility index (Phi) is 5.62. The standard InChI is InChI=1S/C22H18F3N5O2/c1-13-19(21(31)26-16-10-8-15(9-11-16)22(23,24)25)27-28-20-18(14-6-4-3-5-7-14)17(12-32-2)29-30(13)20/h3-11H,12H2,1-2H3,(H,26,31). The number of carbonyl (C=O) groups is 1. The van der Waals surface area contributed by atoms with Crippen LogP contribution in [0.25, 0.3) is 16.8 Å². The molecule has 2 heterocycles. The molecule has 2 aromatic carbocycles. The number of anilines is 1. The van der Waals surface area contributed by atoms with Crippen LogP contribution in [0.3, 0.4) is 0 Å². The lowest BCUT2D eigenvalue weighted by molar-refractivity contribution is -0.137. The number of methoxy groups -OCH3 is 1. The normalized spacial score (nSPS) is 11.7. The number of ether oxygens (including phenoxy) is 1. The van der Waals surface area contributed by atoms with Crippen molar-refractivity contribution in [2.24, 2.45) is 0 Å². The van der Waals surface area contributed by atoms with Gasteiger partial charge in [-0.05, 0) is 36.8 Å². The second-order valence-corrected chi connectivity index (χ2v) is 7.02. The third-order valence-corrected chi connectivity index (χ3v) is 4.87. The van der Waals surface area contributed by atoms with Gasteiger partial charge in [0.2, 0.25) is 0 Å². The lowest BCUT2D eigenvalue weighted by Gasteiger charge is -2.10. The monoisotopic (exact) mass is 441 g/mol. The number of nitrogens with zero attached hydrogens (tertiary/aromatic N) is 4. The van der Waals surface area contributed by atoms with E-state index >= 15 is 0 Å². The van der Waals surface area contributed by atoms with Crippen LogP contribution in [0, 0.1) is 6.92 Å². The second-order valence-electron chi connectivity index (χ2n) is 7.02. The zero-order chi connectivity index (χ0) is 22.9. The molecule has 1 amide bonds. The van der Waals surface area contributed by atoms with Gasteiger partial charge < -0.3 is 10.1 Å². The van der Waals surface area contributed by atoms with Gasteiger partial charge in [0.25, 0.3) is 5.91 Å². The number of halogens is 3. The molecule has 0 bridgehead atoms. The number of hydrogen-bond donors (Lipinski definition) is 1. The fourth-order valence-corrected chi connectivity index (χ4v) is 3.33. The lowest BCUT2D eigenvalue weighted by atomic mass is 10.1. The molecule has 0 aliphatic heterocycles. The molecule has 0 unspecified atom stereocenters. The minimum atomic E-state index is -4.45. The largest absolute Gasteiger partial charge is 0.416 e. The first-order valence-electron chi connectivity index (χ1n) is 9.57. The number of hydrogen-bond acceptors (Lipinski definition) is 5. The van der Waals surface area contributed by atoms with Crippen molar-refractivity contribution in [3.63, 3.8) is 0 Å². The highest BCUT2D eigenvalue weighted by atomic mass is 19.4. The number of alkyl halides is 3. The molecule has 0 fully saturated rings. The van der Waals surface area contributed by atoms with Gasteiger partial charge in [-0.1, -0.05) is 30.3 Å². The summed E-state index contributed by atoms with van der Waals surface area (Å²) in [5.74, 6) is -0.610. The molecule has 4 aromatic rings. The average molecular weight is 441 g/mol. The summed E-state index contributed by atoms with van der Waals surface area (Å²) in [6, 6.07) is 13.7. The molecule has 0 saturated carbocycles. The van der Waals surface area contributed by atoms with Crippen LogP contribution in [-0.4, -0.2) is 32.8 Å². The summed E-state index contributed by atoms with van der Waals surface area (Å²) >= 11 is 0. The molecule has 7 nitrogen and oxygen atoms in total. The maximum absolute atomic E-state index is 12.7. The Morgan fingerprint density at radius 1 is 1.06 bits per heavy atom. The van der Waals surface area contributed by atoms with E-state index in [1.54, 1.807) is 14.0 Å². The van der Waals surface area contributed by atoms with Crippen LogP contribution < -0.4 is 5.32 Å². The SMILES string of the molecule is COCc1nn2c(C)c(C(=O)Nc3ccc(C(F)(F)F)cc3)nnc2c1-c1ccccc1. The number of fused-ring (bicyclic) bond motifs is 1. The molecular formula is C22H18F3N5O2. The van der Waals surface area contributed by atoms with Crippen LogP contribution in [0.1, 0.15) is 27.4 Å². The van der Waals surface area contributed by atoms with E-state index in [0.29, 0.717) is 17.0 Å². The van der Waals surface area contributed by atoms with E-state index in [0.717, 1.165) is 23.3 Å². The molecule has 0 radical (unpaired) electrons. The molecule has 10 heteroatoms. The van der Waals surface area contributed by atoms with Gasteiger partial charge in [0.05, 0.1) is 29.1 Å². The fourth-order valence-electron chi connectivity index (χ4n) is 3.33. The van der Waals surface area contributed by atoms with Gasteiger partial charge >= 0.3 is 6.18 Å². The summed E-state index contributed by atoms with van der Waals surface area (Å²) in [4.78, 5) is 12.7. The van der Waals surface area contributed by atoms with Crippen LogP contribution in [0.2, 0.25) is 0 Å². The van der Waals surface area contributed by atoms with Crippen molar-refractivity contribution in [1.82, 2.24) is 19.8 Å². The van der Waals surface area contributed by atoms with Crippen LogP contribution in [0.15, 0.2) is 54.6 Å². The molecule has 4 rings (SSSR count). The Morgan fingerprint density at radius 3 is 2.38 bits per heavy atom. The second kappa shape index (κ2) is 8.39. The molecule has 1 N–H and O–H groups in total. The van der Waals surface area contributed by atoms with E-state index in [9.17, 15) is 18.0 Å². The quantitative estimate of drug-likeness (QED) is 0.493. The van der Waals surface area contributed by atoms with Crippen LogP contribution in [0.5, 0.6) is 0 Å². The van der Waals surface area contributed by atoms with Crippen LogP contribution >= 0.6 is 0 Å². The van der Waals surface area contributed by atoms with Crippen molar-refractivity contribution in [2.45, 2.75) is 19.7 Å². The van der Waals surface area contributed by atoms with Gasteiger partial charge in [0.15, 0.2) is 11.3 Å². The number of benzene rings is 2. The highest BCUT2D eigenvalue weighted by molar-refractivity contribution is 6.03. The number of aryl methyl sites for hydroxylation is 1.